The van der Waals surface area contributed by atoms with Crippen molar-refractivity contribution in [2.75, 3.05) is 19.8 Å². The number of amides is 1. The van der Waals surface area contributed by atoms with Gasteiger partial charge in [-0.1, -0.05) is 26.7 Å². The van der Waals surface area contributed by atoms with E-state index in [1.807, 2.05) is 0 Å². The van der Waals surface area contributed by atoms with Crippen LogP contribution in [0.2, 0.25) is 0 Å². The maximum Gasteiger partial charge on any atom is 0.220 e. The fourth-order valence-electron chi connectivity index (χ4n) is 5.35. The normalized spacial score (nSPS) is 32.2. The molecule has 0 aromatic rings. The zero-order valence-corrected chi connectivity index (χ0v) is 15.5. The third-order valence-electron chi connectivity index (χ3n) is 6.59. The summed E-state index contributed by atoms with van der Waals surface area (Å²) in [5.74, 6) is 2.69. The third-order valence-corrected chi connectivity index (χ3v) is 6.59. The average Bonchev–Trinajstić information content (AvgIpc) is 3.29. The van der Waals surface area contributed by atoms with Crippen LogP contribution in [0.15, 0.2) is 0 Å². The van der Waals surface area contributed by atoms with Crippen LogP contribution in [0.1, 0.15) is 71.6 Å². The van der Waals surface area contributed by atoms with Crippen LogP contribution >= 0.6 is 0 Å². The van der Waals surface area contributed by atoms with Crippen molar-refractivity contribution in [2.24, 2.45) is 23.2 Å². The predicted octanol–water partition coefficient (Wildman–Crippen LogP) is 3.89. The number of fused-ring (bicyclic) bond motifs is 2. The summed E-state index contributed by atoms with van der Waals surface area (Å²) in [5.41, 5.74) is 0.0700. The predicted molar refractivity (Wildman–Crippen MR) is 94.5 cm³/mol. The molecule has 2 bridgehead atoms. The first-order chi connectivity index (χ1) is 11.6. The van der Waals surface area contributed by atoms with Crippen molar-refractivity contribution in [3.8, 4) is 0 Å². The highest BCUT2D eigenvalue weighted by Crippen LogP contribution is 2.49. The van der Waals surface area contributed by atoms with E-state index < -0.39 is 0 Å². The van der Waals surface area contributed by atoms with E-state index in [1.165, 1.54) is 25.7 Å². The second-order valence-electron chi connectivity index (χ2n) is 8.57. The summed E-state index contributed by atoms with van der Waals surface area (Å²) in [6.45, 7) is 6.69. The quantitative estimate of drug-likeness (QED) is 0.649. The van der Waals surface area contributed by atoms with E-state index >= 15 is 0 Å². The van der Waals surface area contributed by atoms with Gasteiger partial charge in [0.1, 0.15) is 0 Å². The van der Waals surface area contributed by atoms with E-state index in [-0.39, 0.29) is 17.6 Å². The summed E-state index contributed by atoms with van der Waals surface area (Å²) in [4.78, 5) is 12.2. The highest BCUT2D eigenvalue weighted by atomic mass is 16.7. The van der Waals surface area contributed by atoms with Gasteiger partial charge in [-0.15, -0.1) is 0 Å². The van der Waals surface area contributed by atoms with Gasteiger partial charge in [-0.3, -0.25) is 4.79 Å². The number of rotatable bonds is 9. The molecule has 2 saturated carbocycles. The van der Waals surface area contributed by atoms with Crippen molar-refractivity contribution in [3.63, 3.8) is 0 Å². The Bertz CT molecular complexity index is 421. The summed E-state index contributed by atoms with van der Waals surface area (Å²) in [7, 11) is 0. The smallest absolute Gasteiger partial charge is 0.220 e. The zero-order chi connectivity index (χ0) is 17.0. The lowest BCUT2D eigenvalue weighted by molar-refractivity contribution is -0.133. The van der Waals surface area contributed by atoms with Crippen LogP contribution in [0.3, 0.4) is 0 Å². The van der Waals surface area contributed by atoms with Crippen molar-refractivity contribution in [1.29, 1.82) is 0 Å². The molecule has 1 N–H and O–H groups in total. The van der Waals surface area contributed by atoms with E-state index in [4.69, 9.17) is 9.47 Å². The Balaban J connectivity index is 1.35. The molecule has 0 spiro atoms. The Morgan fingerprint density at radius 3 is 2.58 bits per heavy atom. The van der Waals surface area contributed by atoms with E-state index in [1.54, 1.807) is 0 Å². The van der Waals surface area contributed by atoms with Crippen LogP contribution in [0.25, 0.3) is 0 Å². The molecule has 1 aliphatic heterocycles. The molecule has 1 saturated heterocycles. The molecular formula is C20H35NO3. The van der Waals surface area contributed by atoms with Gasteiger partial charge < -0.3 is 14.8 Å². The molecule has 3 fully saturated rings. The molecule has 4 atom stereocenters. The van der Waals surface area contributed by atoms with Gasteiger partial charge in [0.25, 0.3) is 0 Å². The van der Waals surface area contributed by atoms with Crippen LogP contribution in [-0.2, 0) is 14.3 Å². The largest absolute Gasteiger partial charge is 0.356 e. The number of carbonyl (C=O) groups is 1. The minimum absolute atomic E-state index is 0.0674. The van der Waals surface area contributed by atoms with Gasteiger partial charge in [0, 0.05) is 18.4 Å². The molecule has 4 nitrogen and oxygen atoms in total. The van der Waals surface area contributed by atoms with E-state index in [0.29, 0.717) is 19.1 Å². The van der Waals surface area contributed by atoms with Crippen molar-refractivity contribution in [2.45, 2.75) is 77.9 Å². The number of nitrogens with one attached hydrogen (secondary N) is 1. The van der Waals surface area contributed by atoms with Crippen molar-refractivity contribution < 1.29 is 14.3 Å². The number of carbonyl (C=O) groups excluding carboxylic acids is 1. The van der Waals surface area contributed by atoms with Crippen molar-refractivity contribution >= 4 is 5.91 Å². The molecule has 138 valence electrons. The molecule has 4 heteroatoms. The highest BCUT2D eigenvalue weighted by molar-refractivity contribution is 5.76. The number of hydrogen-bond donors (Lipinski definition) is 1. The molecule has 0 unspecified atom stereocenters. The highest BCUT2D eigenvalue weighted by Gasteiger charge is 2.40. The zero-order valence-electron chi connectivity index (χ0n) is 15.5. The molecule has 0 radical (unpaired) electrons. The Labute approximate surface area is 147 Å². The topological polar surface area (TPSA) is 47.6 Å². The Morgan fingerprint density at radius 2 is 1.96 bits per heavy atom. The van der Waals surface area contributed by atoms with Gasteiger partial charge in [-0.25, -0.2) is 0 Å². The monoisotopic (exact) mass is 337 g/mol. The molecule has 2 aliphatic carbocycles. The fourth-order valence-corrected chi connectivity index (χ4v) is 5.35. The molecule has 3 aliphatic rings. The molecule has 0 aromatic heterocycles. The number of hydrogen-bond acceptors (Lipinski definition) is 3. The summed E-state index contributed by atoms with van der Waals surface area (Å²) < 4.78 is 11.5. The molecule has 1 heterocycles. The molecule has 24 heavy (non-hydrogen) atoms. The first kappa shape index (κ1) is 18.2. The van der Waals surface area contributed by atoms with E-state index in [0.717, 1.165) is 50.5 Å². The minimum Gasteiger partial charge on any atom is -0.356 e. The Hall–Kier alpha value is -0.610. The van der Waals surface area contributed by atoms with Crippen molar-refractivity contribution in [3.05, 3.63) is 0 Å². The first-order valence-electron chi connectivity index (χ1n) is 10.1. The maximum absolute atomic E-state index is 12.2. The Kier molecular flexibility index (Phi) is 6.20. The van der Waals surface area contributed by atoms with Crippen LogP contribution < -0.4 is 5.32 Å². The van der Waals surface area contributed by atoms with Gasteiger partial charge in [-0.05, 0) is 56.3 Å². The first-order valence-corrected chi connectivity index (χ1v) is 10.1. The summed E-state index contributed by atoms with van der Waals surface area (Å²) in [6, 6.07) is 0. The molecule has 0 aromatic carbocycles. The van der Waals surface area contributed by atoms with Crippen LogP contribution in [-0.4, -0.2) is 32.0 Å². The number of ether oxygens (including phenoxy) is 2. The van der Waals surface area contributed by atoms with Crippen molar-refractivity contribution in [1.82, 2.24) is 5.32 Å². The third kappa shape index (κ3) is 4.32. The molecule has 1 amide bonds. The SMILES string of the molecule is CCC[C@@](C)(CCCNC(=O)C[C@@H]1C[C@H]2CC[C@H]1C2)C1OCCO1. The second-order valence-corrected chi connectivity index (χ2v) is 8.57. The maximum atomic E-state index is 12.2. The lowest BCUT2D eigenvalue weighted by atomic mass is 9.80. The van der Waals surface area contributed by atoms with Gasteiger partial charge in [0.15, 0.2) is 6.29 Å². The van der Waals surface area contributed by atoms with Gasteiger partial charge in [0.05, 0.1) is 13.2 Å². The Morgan fingerprint density at radius 1 is 1.17 bits per heavy atom. The molecular weight excluding hydrogens is 302 g/mol. The second kappa shape index (κ2) is 8.18. The standard InChI is InChI=1S/C20H35NO3/c1-3-7-20(2,19-23-10-11-24-19)8-4-9-21-18(22)14-17-13-15-5-6-16(17)12-15/h15-17,19H,3-14H2,1-2H3,(H,21,22)/t15-,16-,17-,20-/m0/s1. The van der Waals surface area contributed by atoms with E-state index in [9.17, 15) is 4.79 Å². The minimum atomic E-state index is -0.0674. The summed E-state index contributed by atoms with van der Waals surface area (Å²) >= 11 is 0. The lowest BCUT2D eigenvalue weighted by Crippen LogP contribution is -2.35. The van der Waals surface area contributed by atoms with Crippen LogP contribution in [0.4, 0.5) is 0 Å². The lowest BCUT2D eigenvalue weighted by Gasteiger charge is -2.34. The van der Waals surface area contributed by atoms with E-state index in [2.05, 4.69) is 19.2 Å². The van der Waals surface area contributed by atoms with Crippen LogP contribution in [0.5, 0.6) is 0 Å². The molecule has 3 rings (SSSR count). The van der Waals surface area contributed by atoms with Gasteiger partial charge in [0.2, 0.25) is 5.91 Å². The summed E-state index contributed by atoms with van der Waals surface area (Å²) in [5, 5.41) is 3.15. The van der Waals surface area contributed by atoms with Crippen LogP contribution in [0, 0.1) is 23.2 Å². The van der Waals surface area contributed by atoms with Gasteiger partial charge in [-0.2, -0.15) is 0 Å². The fraction of sp³-hybridized carbons (Fsp3) is 0.950. The van der Waals surface area contributed by atoms with Gasteiger partial charge >= 0.3 is 0 Å². The summed E-state index contributed by atoms with van der Waals surface area (Å²) in [6.07, 6.45) is 10.4. The average molecular weight is 338 g/mol.